The predicted octanol–water partition coefficient (Wildman–Crippen LogP) is 1.41. The molecule has 1 heterocycles. The van der Waals surface area contributed by atoms with Gasteiger partial charge in [-0.3, -0.25) is 9.89 Å². The molecule has 0 unspecified atom stereocenters. The zero-order valence-electron chi connectivity index (χ0n) is 10.0. The summed E-state index contributed by atoms with van der Waals surface area (Å²) < 4.78 is 0. The van der Waals surface area contributed by atoms with Gasteiger partial charge >= 0.3 is 0 Å². The van der Waals surface area contributed by atoms with Crippen LogP contribution < -0.4 is 10.6 Å². The molecule has 0 aliphatic rings. The normalized spacial score (nSPS) is 10.3. The molecule has 3 N–H and O–H groups in total. The first-order valence-corrected chi connectivity index (χ1v) is 5.88. The molecule has 0 aliphatic carbocycles. The molecule has 0 spiro atoms. The Labute approximate surface area is 106 Å². The lowest BCUT2D eigenvalue weighted by molar-refractivity contribution is 0.0987. The number of aromatic nitrogens is 2. The Morgan fingerprint density at radius 3 is 2.72 bits per heavy atom. The van der Waals surface area contributed by atoms with Gasteiger partial charge in [-0.1, -0.05) is 18.2 Å². The highest BCUT2D eigenvalue weighted by Crippen LogP contribution is 2.16. The van der Waals surface area contributed by atoms with E-state index in [4.69, 9.17) is 5.73 Å². The second kappa shape index (κ2) is 5.97. The molecule has 94 valence electrons. The van der Waals surface area contributed by atoms with Crippen LogP contribution in [0, 0.1) is 0 Å². The number of amides is 1. The van der Waals surface area contributed by atoms with Crippen molar-refractivity contribution in [3.8, 4) is 0 Å². The number of aromatic amines is 1. The van der Waals surface area contributed by atoms with Gasteiger partial charge < -0.3 is 10.6 Å². The van der Waals surface area contributed by atoms with E-state index in [1.54, 1.807) is 11.1 Å². The van der Waals surface area contributed by atoms with E-state index in [-0.39, 0.29) is 5.91 Å². The summed E-state index contributed by atoms with van der Waals surface area (Å²) in [5.41, 5.74) is 6.94. The molecule has 1 amide bonds. The monoisotopic (exact) mass is 244 g/mol. The van der Waals surface area contributed by atoms with Gasteiger partial charge in [0.2, 0.25) is 0 Å². The number of H-pyrrole nitrogens is 1. The topological polar surface area (TPSA) is 75.0 Å². The molecule has 2 rings (SSSR count). The Balaban J connectivity index is 2.23. The fourth-order valence-corrected chi connectivity index (χ4v) is 1.73. The molecule has 0 radical (unpaired) electrons. The molecule has 1 aromatic heterocycles. The van der Waals surface area contributed by atoms with E-state index >= 15 is 0 Å². The molecule has 5 nitrogen and oxygen atoms in total. The van der Waals surface area contributed by atoms with Crippen LogP contribution in [0.25, 0.3) is 0 Å². The number of carbonyl (C=O) groups is 1. The van der Waals surface area contributed by atoms with E-state index in [9.17, 15) is 4.79 Å². The summed E-state index contributed by atoms with van der Waals surface area (Å²) in [6, 6.07) is 9.57. The highest BCUT2D eigenvalue weighted by atomic mass is 16.2. The van der Waals surface area contributed by atoms with E-state index in [2.05, 4.69) is 10.2 Å². The van der Waals surface area contributed by atoms with Crippen LogP contribution >= 0.6 is 0 Å². The van der Waals surface area contributed by atoms with Crippen molar-refractivity contribution in [2.75, 3.05) is 18.0 Å². The fourth-order valence-electron chi connectivity index (χ4n) is 1.73. The van der Waals surface area contributed by atoms with Gasteiger partial charge in [-0.2, -0.15) is 5.10 Å². The Hall–Kier alpha value is -2.14. The van der Waals surface area contributed by atoms with Crippen molar-refractivity contribution in [2.24, 2.45) is 5.73 Å². The molecule has 0 saturated carbocycles. The number of hydrogen-bond donors (Lipinski definition) is 2. The first-order chi connectivity index (χ1) is 8.83. The maximum Gasteiger partial charge on any atom is 0.261 e. The van der Waals surface area contributed by atoms with Gasteiger partial charge in [-0.15, -0.1) is 0 Å². The van der Waals surface area contributed by atoms with Gasteiger partial charge in [0.1, 0.15) is 0 Å². The molecular weight excluding hydrogens is 228 g/mol. The number of nitrogens with one attached hydrogen (secondary N) is 1. The van der Waals surface area contributed by atoms with Crippen molar-refractivity contribution in [1.82, 2.24) is 10.2 Å². The smallest absolute Gasteiger partial charge is 0.261 e. The lowest BCUT2D eigenvalue weighted by Crippen LogP contribution is -2.32. The Kier molecular flexibility index (Phi) is 4.09. The summed E-state index contributed by atoms with van der Waals surface area (Å²) in [7, 11) is 0. The van der Waals surface area contributed by atoms with Crippen molar-refractivity contribution in [3.63, 3.8) is 0 Å². The number of para-hydroxylation sites is 1. The van der Waals surface area contributed by atoms with Crippen molar-refractivity contribution in [2.45, 2.75) is 6.42 Å². The first kappa shape index (κ1) is 12.3. The van der Waals surface area contributed by atoms with Crippen LogP contribution in [0.3, 0.4) is 0 Å². The number of nitrogens with zero attached hydrogens (tertiary/aromatic N) is 2. The standard InChI is InChI=1S/C13H16N4O/c14-7-4-8-17(12-5-2-1-3-6-12)13(18)11-9-15-16-10-11/h1-3,5-6,9-10H,4,7-8,14H2,(H,15,16). The molecule has 0 atom stereocenters. The number of carbonyl (C=O) groups excluding carboxylic acids is 1. The van der Waals surface area contributed by atoms with Crippen molar-refractivity contribution in [3.05, 3.63) is 48.3 Å². The minimum absolute atomic E-state index is 0.0663. The molecule has 0 saturated heterocycles. The van der Waals surface area contributed by atoms with E-state index in [0.29, 0.717) is 18.7 Å². The van der Waals surface area contributed by atoms with Gasteiger partial charge in [-0.25, -0.2) is 0 Å². The van der Waals surface area contributed by atoms with Crippen LogP contribution in [0.1, 0.15) is 16.8 Å². The molecule has 2 aromatic rings. The third kappa shape index (κ3) is 2.75. The number of hydrogen-bond acceptors (Lipinski definition) is 3. The summed E-state index contributed by atoms with van der Waals surface area (Å²) >= 11 is 0. The van der Waals surface area contributed by atoms with E-state index in [0.717, 1.165) is 12.1 Å². The zero-order chi connectivity index (χ0) is 12.8. The number of rotatable bonds is 5. The lowest BCUT2D eigenvalue weighted by Gasteiger charge is -2.22. The van der Waals surface area contributed by atoms with Crippen LogP contribution in [-0.4, -0.2) is 29.2 Å². The van der Waals surface area contributed by atoms with Crippen LogP contribution in [0.5, 0.6) is 0 Å². The number of benzene rings is 1. The number of anilines is 1. The van der Waals surface area contributed by atoms with Gasteiger partial charge in [0.05, 0.1) is 11.8 Å². The quantitative estimate of drug-likeness (QED) is 0.835. The second-order valence-electron chi connectivity index (χ2n) is 3.92. The van der Waals surface area contributed by atoms with Crippen molar-refractivity contribution >= 4 is 11.6 Å². The second-order valence-corrected chi connectivity index (χ2v) is 3.92. The largest absolute Gasteiger partial charge is 0.330 e. The summed E-state index contributed by atoms with van der Waals surface area (Å²) in [4.78, 5) is 14.1. The van der Waals surface area contributed by atoms with Crippen LogP contribution in [0.15, 0.2) is 42.7 Å². The average Bonchev–Trinajstić information content (AvgIpc) is 2.94. The maximum atomic E-state index is 12.3. The van der Waals surface area contributed by atoms with Gasteiger partial charge in [-0.05, 0) is 25.1 Å². The zero-order valence-corrected chi connectivity index (χ0v) is 10.0. The SMILES string of the molecule is NCCCN(C(=O)c1cn[nH]c1)c1ccccc1. The van der Waals surface area contributed by atoms with E-state index < -0.39 is 0 Å². The van der Waals surface area contributed by atoms with Crippen molar-refractivity contribution in [1.29, 1.82) is 0 Å². The van der Waals surface area contributed by atoms with Gasteiger partial charge in [0, 0.05) is 18.4 Å². The molecule has 18 heavy (non-hydrogen) atoms. The molecule has 5 heteroatoms. The first-order valence-electron chi connectivity index (χ1n) is 5.88. The maximum absolute atomic E-state index is 12.3. The Morgan fingerprint density at radius 2 is 2.11 bits per heavy atom. The highest BCUT2D eigenvalue weighted by Gasteiger charge is 2.17. The molecule has 0 bridgehead atoms. The summed E-state index contributed by atoms with van der Waals surface area (Å²) in [6.45, 7) is 1.16. The predicted molar refractivity (Wildman–Crippen MR) is 70.4 cm³/mol. The van der Waals surface area contributed by atoms with Gasteiger partial charge in [0.15, 0.2) is 0 Å². The molecular formula is C13H16N4O. The molecule has 1 aromatic carbocycles. The fraction of sp³-hybridized carbons (Fsp3) is 0.231. The lowest BCUT2D eigenvalue weighted by atomic mass is 10.2. The average molecular weight is 244 g/mol. The third-order valence-corrected chi connectivity index (χ3v) is 2.64. The Morgan fingerprint density at radius 1 is 1.33 bits per heavy atom. The minimum atomic E-state index is -0.0663. The van der Waals surface area contributed by atoms with E-state index in [1.165, 1.54) is 6.20 Å². The summed E-state index contributed by atoms with van der Waals surface area (Å²) in [6.07, 6.45) is 3.89. The number of nitrogens with two attached hydrogens (primary N) is 1. The summed E-state index contributed by atoms with van der Waals surface area (Å²) in [5, 5.41) is 6.45. The van der Waals surface area contributed by atoms with Crippen LogP contribution in [0.4, 0.5) is 5.69 Å². The van der Waals surface area contributed by atoms with Crippen molar-refractivity contribution < 1.29 is 4.79 Å². The molecule has 0 aliphatic heterocycles. The minimum Gasteiger partial charge on any atom is -0.330 e. The molecule has 0 fully saturated rings. The highest BCUT2D eigenvalue weighted by molar-refractivity contribution is 6.05. The van der Waals surface area contributed by atoms with Crippen LogP contribution in [-0.2, 0) is 0 Å². The van der Waals surface area contributed by atoms with Crippen LogP contribution in [0.2, 0.25) is 0 Å². The van der Waals surface area contributed by atoms with E-state index in [1.807, 2.05) is 30.3 Å². The van der Waals surface area contributed by atoms with Gasteiger partial charge in [0.25, 0.3) is 5.91 Å². The Bertz CT molecular complexity index is 481. The summed E-state index contributed by atoms with van der Waals surface area (Å²) in [5.74, 6) is -0.0663. The third-order valence-electron chi connectivity index (χ3n) is 2.64.